The largest absolute Gasteiger partial charge is 0.484 e. The number of hydrogen-bond donors (Lipinski definition) is 1. The summed E-state index contributed by atoms with van der Waals surface area (Å²) in [6, 6.07) is 10.7. The number of Topliss-reactive ketones (excluding diaryl/α,β-unsaturated/α-hetero) is 1. The van der Waals surface area contributed by atoms with Crippen molar-refractivity contribution in [3.8, 4) is 17.2 Å². The molecule has 2 aliphatic heterocycles. The van der Waals surface area contributed by atoms with Crippen LogP contribution in [-0.4, -0.2) is 18.5 Å². The summed E-state index contributed by atoms with van der Waals surface area (Å²) >= 11 is 0. The molecule has 0 saturated carbocycles. The molecule has 0 spiro atoms. The summed E-state index contributed by atoms with van der Waals surface area (Å²) in [6.45, 7) is 2.15. The molecule has 0 fully saturated rings. The lowest BCUT2D eigenvalue weighted by Gasteiger charge is -2.26. The normalized spacial score (nSPS) is 17.4. The summed E-state index contributed by atoms with van der Waals surface area (Å²) < 4.78 is 16.7. The molecule has 0 radical (unpaired) electrons. The van der Waals surface area contributed by atoms with Gasteiger partial charge in [0.05, 0.1) is 12.0 Å². The van der Waals surface area contributed by atoms with Crippen molar-refractivity contribution in [2.24, 2.45) is 0 Å². The van der Waals surface area contributed by atoms with Gasteiger partial charge in [0.2, 0.25) is 12.7 Å². The maximum absolute atomic E-state index is 12.6. The summed E-state index contributed by atoms with van der Waals surface area (Å²) in [6.07, 6.45) is 1.09. The average Bonchev–Trinajstić information content (AvgIpc) is 3.10. The number of nitrogens with one attached hydrogen (secondary N) is 1. The van der Waals surface area contributed by atoms with Crippen LogP contribution < -0.4 is 19.5 Å². The van der Waals surface area contributed by atoms with E-state index in [0.29, 0.717) is 34.9 Å². The molecule has 0 aromatic heterocycles. The molecule has 4 rings (SSSR count). The Morgan fingerprint density at radius 3 is 2.77 bits per heavy atom. The van der Waals surface area contributed by atoms with Crippen LogP contribution in [0.5, 0.6) is 17.2 Å². The number of carbonyl (C=O) groups is 2. The van der Waals surface area contributed by atoms with Crippen LogP contribution in [0.25, 0.3) is 0 Å². The zero-order chi connectivity index (χ0) is 18.1. The minimum absolute atomic E-state index is 0.0134. The summed E-state index contributed by atoms with van der Waals surface area (Å²) in [7, 11) is 0. The van der Waals surface area contributed by atoms with E-state index in [2.05, 4.69) is 5.32 Å². The quantitative estimate of drug-likeness (QED) is 0.903. The van der Waals surface area contributed by atoms with Gasteiger partial charge in [0.15, 0.2) is 17.3 Å². The highest BCUT2D eigenvalue weighted by Gasteiger charge is 2.29. The second-order valence-corrected chi connectivity index (χ2v) is 6.36. The fraction of sp³-hybridized carbons (Fsp3) is 0.300. The van der Waals surface area contributed by atoms with E-state index in [9.17, 15) is 9.59 Å². The van der Waals surface area contributed by atoms with Crippen LogP contribution in [0.4, 0.5) is 5.69 Å². The van der Waals surface area contributed by atoms with E-state index >= 15 is 0 Å². The summed E-state index contributed by atoms with van der Waals surface area (Å²) in [4.78, 5) is 24.4. The molecule has 2 heterocycles. The van der Waals surface area contributed by atoms with Crippen LogP contribution in [0.3, 0.4) is 0 Å². The van der Waals surface area contributed by atoms with Crippen LogP contribution in [0, 0.1) is 0 Å². The Labute approximate surface area is 151 Å². The van der Waals surface area contributed by atoms with Gasteiger partial charge in [-0.1, -0.05) is 13.0 Å². The molecule has 6 nitrogen and oxygen atoms in total. The number of hydrogen-bond acceptors (Lipinski definition) is 5. The van der Waals surface area contributed by atoms with Gasteiger partial charge in [0.1, 0.15) is 11.9 Å². The second kappa shape index (κ2) is 6.71. The molecule has 1 amide bonds. The lowest BCUT2D eigenvalue weighted by Crippen LogP contribution is -2.21. The van der Waals surface area contributed by atoms with Gasteiger partial charge in [-0.15, -0.1) is 0 Å². The maximum Gasteiger partial charge on any atom is 0.231 e. The Hall–Kier alpha value is -3.02. The predicted molar refractivity (Wildman–Crippen MR) is 94.9 cm³/mol. The first-order chi connectivity index (χ1) is 12.6. The smallest absolute Gasteiger partial charge is 0.231 e. The van der Waals surface area contributed by atoms with Crippen molar-refractivity contribution in [2.75, 3.05) is 12.1 Å². The number of rotatable bonds is 4. The van der Waals surface area contributed by atoms with Gasteiger partial charge in [-0.3, -0.25) is 9.59 Å². The molecule has 2 aromatic carbocycles. The van der Waals surface area contributed by atoms with Gasteiger partial charge in [-0.05, 0) is 42.3 Å². The van der Waals surface area contributed by atoms with E-state index in [1.165, 1.54) is 0 Å². The number of anilines is 1. The predicted octanol–water partition coefficient (Wildman–Crippen LogP) is 3.86. The minimum Gasteiger partial charge on any atom is -0.484 e. The maximum atomic E-state index is 12.6. The molecule has 2 aliphatic rings. The first-order valence-corrected chi connectivity index (χ1v) is 8.67. The van der Waals surface area contributed by atoms with E-state index in [1.54, 1.807) is 18.2 Å². The van der Waals surface area contributed by atoms with E-state index in [-0.39, 0.29) is 31.0 Å². The fourth-order valence-electron chi connectivity index (χ4n) is 3.15. The Balaban J connectivity index is 1.55. The lowest BCUT2D eigenvalue weighted by molar-refractivity contribution is -0.116. The summed E-state index contributed by atoms with van der Waals surface area (Å²) in [5.41, 5.74) is 1.98. The van der Waals surface area contributed by atoms with Crippen molar-refractivity contribution in [1.82, 2.24) is 0 Å². The lowest BCUT2D eigenvalue weighted by atomic mass is 9.95. The third-order valence-electron chi connectivity index (χ3n) is 4.45. The highest BCUT2D eigenvalue weighted by Crippen LogP contribution is 2.40. The zero-order valence-corrected chi connectivity index (χ0v) is 14.4. The SMILES string of the molecule is CCCC(=O)Nc1ccc2c(c1)C(=O)C[C@H](c1ccc3c(c1)OCO3)O2. The minimum atomic E-state index is -0.370. The van der Waals surface area contributed by atoms with Gasteiger partial charge >= 0.3 is 0 Å². The molecule has 0 aliphatic carbocycles. The van der Waals surface area contributed by atoms with Crippen LogP contribution in [0.2, 0.25) is 0 Å². The van der Waals surface area contributed by atoms with E-state index in [1.807, 2.05) is 25.1 Å². The van der Waals surface area contributed by atoms with Crippen LogP contribution in [-0.2, 0) is 4.79 Å². The average molecular weight is 353 g/mol. The molecule has 1 N–H and O–H groups in total. The van der Waals surface area contributed by atoms with Crippen molar-refractivity contribution in [1.29, 1.82) is 0 Å². The third-order valence-corrected chi connectivity index (χ3v) is 4.45. The molecule has 0 bridgehead atoms. The Morgan fingerprint density at radius 1 is 1.12 bits per heavy atom. The van der Waals surface area contributed by atoms with Crippen molar-refractivity contribution in [3.63, 3.8) is 0 Å². The topological polar surface area (TPSA) is 73.9 Å². The van der Waals surface area contributed by atoms with Crippen LogP contribution in [0.15, 0.2) is 36.4 Å². The molecule has 0 unspecified atom stereocenters. The monoisotopic (exact) mass is 353 g/mol. The molecular formula is C20H19NO5. The first kappa shape index (κ1) is 16.4. The Morgan fingerprint density at radius 2 is 1.92 bits per heavy atom. The van der Waals surface area contributed by atoms with Crippen LogP contribution in [0.1, 0.15) is 48.2 Å². The molecule has 2 aromatic rings. The van der Waals surface area contributed by atoms with Crippen molar-refractivity contribution < 1.29 is 23.8 Å². The molecule has 134 valence electrons. The molecule has 26 heavy (non-hydrogen) atoms. The van der Waals surface area contributed by atoms with Crippen molar-refractivity contribution >= 4 is 17.4 Å². The van der Waals surface area contributed by atoms with Gasteiger partial charge in [-0.25, -0.2) is 0 Å². The Kier molecular flexibility index (Phi) is 4.24. The van der Waals surface area contributed by atoms with Crippen molar-refractivity contribution in [2.45, 2.75) is 32.3 Å². The van der Waals surface area contributed by atoms with Gasteiger partial charge in [0, 0.05) is 12.1 Å². The van der Waals surface area contributed by atoms with Gasteiger partial charge < -0.3 is 19.5 Å². The molecular weight excluding hydrogens is 334 g/mol. The molecule has 6 heteroatoms. The number of carbonyl (C=O) groups excluding carboxylic acids is 2. The van der Waals surface area contributed by atoms with E-state index < -0.39 is 0 Å². The first-order valence-electron chi connectivity index (χ1n) is 8.67. The number of amides is 1. The van der Waals surface area contributed by atoms with E-state index in [0.717, 1.165) is 12.0 Å². The third kappa shape index (κ3) is 3.10. The highest BCUT2D eigenvalue weighted by molar-refractivity contribution is 6.02. The molecule has 1 atom stereocenters. The highest BCUT2D eigenvalue weighted by atomic mass is 16.7. The Bertz CT molecular complexity index is 877. The fourth-order valence-corrected chi connectivity index (χ4v) is 3.15. The van der Waals surface area contributed by atoms with Gasteiger partial charge in [-0.2, -0.15) is 0 Å². The number of ketones is 1. The van der Waals surface area contributed by atoms with Crippen LogP contribution >= 0.6 is 0 Å². The van der Waals surface area contributed by atoms with Gasteiger partial charge in [0.25, 0.3) is 0 Å². The summed E-state index contributed by atoms with van der Waals surface area (Å²) in [5.74, 6) is 1.81. The number of benzene rings is 2. The van der Waals surface area contributed by atoms with Crippen molar-refractivity contribution in [3.05, 3.63) is 47.5 Å². The summed E-state index contributed by atoms with van der Waals surface area (Å²) in [5, 5.41) is 2.81. The second-order valence-electron chi connectivity index (χ2n) is 6.36. The standard InChI is InChI=1S/C20H19NO5/c1-2-3-20(23)21-13-5-7-16-14(9-13)15(22)10-18(26-16)12-4-6-17-19(8-12)25-11-24-17/h4-9,18H,2-3,10-11H2,1H3,(H,21,23)/t18-/m1/s1. The number of fused-ring (bicyclic) bond motifs is 2. The number of ether oxygens (including phenoxy) is 3. The zero-order valence-electron chi connectivity index (χ0n) is 14.4. The van der Waals surface area contributed by atoms with E-state index in [4.69, 9.17) is 14.2 Å². The molecule has 0 saturated heterocycles.